The highest BCUT2D eigenvalue weighted by molar-refractivity contribution is 5.76. The van der Waals surface area contributed by atoms with Crippen LogP contribution in [0, 0.1) is 17.7 Å². The number of nitrogens with zero attached hydrogens (tertiary/aromatic N) is 3. The lowest BCUT2D eigenvalue weighted by molar-refractivity contribution is -0.148. The number of alkyl halides is 3. The SMILES string of the molecule is O=C(CCC(F)(F)F)N1CC2CN(c3ccc(F)cn3)CC2C1. The van der Waals surface area contributed by atoms with Gasteiger partial charge >= 0.3 is 6.18 Å². The Balaban J connectivity index is 1.53. The number of rotatable bonds is 3. The highest BCUT2D eigenvalue weighted by Crippen LogP contribution is 2.34. The topological polar surface area (TPSA) is 36.4 Å². The molecule has 0 spiro atoms. The Morgan fingerprint density at radius 2 is 1.83 bits per heavy atom. The summed E-state index contributed by atoms with van der Waals surface area (Å²) in [5.74, 6) is 0.335. The zero-order valence-electron chi connectivity index (χ0n) is 12.4. The van der Waals surface area contributed by atoms with Crippen molar-refractivity contribution in [2.24, 2.45) is 11.8 Å². The molecular formula is C15H17F4N3O. The number of pyridine rings is 1. The minimum absolute atomic E-state index is 0.233. The van der Waals surface area contributed by atoms with Crippen molar-refractivity contribution in [3.05, 3.63) is 24.1 Å². The van der Waals surface area contributed by atoms with Crippen molar-refractivity contribution in [1.82, 2.24) is 9.88 Å². The van der Waals surface area contributed by atoms with E-state index in [-0.39, 0.29) is 11.8 Å². The lowest BCUT2D eigenvalue weighted by Gasteiger charge is -2.22. The molecule has 0 saturated carbocycles. The molecule has 0 aromatic carbocycles. The molecule has 8 heteroatoms. The van der Waals surface area contributed by atoms with Gasteiger partial charge < -0.3 is 9.80 Å². The Labute approximate surface area is 131 Å². The number of fused-ring (bicyclic) bond motifs is 1. The molecule has 0 bridgehead atoms. The summed E-state index contributed by atoms with van der Waals surface area (Å²) in [5.41, 5.74) is 0. The second kappa shape index (κ2) is 5.98. The third-order valence-electron chi connectivity index (χ3n) is 4.50. The Morgan fingerprint density at radius 1 is 1.17 bits per heavy atom. The average Bonchev–Trinajstić information content (AvgIpc) is 3.03. The van der Waals surface area contributed by atoms with Crippen LogP contribution in [0.5, 0.6) is 0 Å². The van der Waals surface area contributed by atoms with Crippen molar-refractivity contribution in [2.75, 3.05) is 31.1 Å². The summed E-state index contributed by atoms with van der Waals surface area (Å²) in [4.78, 5) is 19.5. The molecular weight excluding hydrogens is 314 g/mol. The quantitative estimate of drug-likeness (QED) is 0.799. The van der Waals surface area contributed by atoms with Crippen LogP contribution in [-0.2, 0) is 4.79 Å². The lowest BCUT2D eigenvalue weighted by Crippen LogP contribution is -2.34. The van der Waals surface area contributed by atoms with Gasteiger partial charge in [0.1, 0.15) is 11.6 Å². The molecule has 3 heterocycles. The van der Waals surface area contributed by atoms with Gasteiger partial charge in [0.15, 0.2) is 0 Å². The van der Waals surface area contributed by atoms with Crippen LogP contribution in [0.3, 0.4) is 0 Å². The van der Waals surface area contributed by atoms with Crippen molar-refractivity contribution in [3.8, 4) is 0 Å². The summed E-state index contributed by atoms with van der Waals surface area (Å²) in [6, 6.07) is 2.96. The maximum atomic E-state index is 12.9. The van der Waals surface area contributed by atoms with Crippen LogP contribution < -0.4 is 4.90 Å². The molecule has 2 saturated heterocycles. The van der Waals surface area contributed by atoms with E-state index in [4.69, 9.17) is 0 Å². The van der Waals surface area contributed by atoms with Crippen molar-refractivity contribution < 1.29 is 22.4 Å². The maximum Gasteiger partial charge on any atom is 0.389 e. The molecule has 2 aliphatic rings. The van der Waals surface area contributed by atoms with Crippen molar-refractivity contribution in [2.45, 2.75) is 19.0 Å². The summed E-state index contributed by atoms with van der Waals surface area (Å²) >= 11 is 0. The molecule has 3 rings (SSSR count). The number of hydrogen-bond acceptors (Lipinski definition) is 3. The molecule has 0 N–H and O–H groups in total. The number of likely N-dealkylation sites (tertiary alicyclic amines) is 1. The summed E-state index contributed by atoms with van der Waals surface area (Å²) in [6.45, 7) is 2.34. The molecule has 0 radical (unpaired) electrons. The fourth-order valence-corrected chi connectivity index (χ4v) is 3.35. The predicted molar refractivity (Wildman–Crippen MR) is 75.3 cm³/mol. The Morgan fingerprint density at radius 3 is 2.35 bits per heavy atom. The van der Waals surface area contributed by atoms with Gasteiger partial charge in [-0.25, -0.2) is 9.37 Å². The monoisotopic (exact) mass is 331 g/mol. The number of hydrogen-bond donors (Lipinski definition) is 0. The average molecular weight is 331 g/mol. The second-order valence-electron chi connectivity index (χ2n) is 6.17. The number of halogens is 4. The first-order valence-electron chi connectivity index (χ1n) is 7.53. The van der Waals surface area contributed by atoms with E-state index in [1.807, 2.05) is 4.90 Å². The van der Waals surface area contributed by atoms with Crippen LogP contribution >= 0.6 is 0 Å². The zero-order valence-corrected chi connectivity index (χ0v) is 12.4. The highest BCUT2D eigenvalue weighted by Gasteiger charge is 2.42. The molecule has 1 amide bonds. The second-order valence-corrected chi connectivity index (χ2v) is 6.17. The summed E-state index contributed by atoms with van der Waals surface area (Å²) in [7, 11) is 0. The van der Waals surface area contributed by atoms with Crippen LogP contribution in [0.1, 0.15) is 12.8 Å². The van der Waals surface area contributed by atoms with Crippen molar-refractivity contribution in [3.63, 3.8) is 0 Å². The van der Waals surface area contributed by atoms with Gasteiger partial charge in [-0.05, 0) is 12.1 Å². The van der Waals surface area contributed by atoms with E-state index in [0.717, 1.165) is 6.20 Å². The van der Waals surface area contributed by atoms with Crippen LogP contribution in [0.25, 0.3) is 0 Å². The van der Waals surface area contributed by atoms with E-state index in [1.54, 1.807) is 6.07 Å². The van der Waals surface area contributed by atoms with Gasteiger partial charge in [0, 0.05) is 44.4 Å². The van der Waals surface area contributed by atoms with Gasteiger partial charge in [0.25, 0.3) is 0 Å². The minimum Gasteiger partial charge on any atom is -0.356 e. The fourth-order valence-electron chi connectivity index (χ4n) is 3.35. The van der Waals surface area contributed by atoms with E-state index < -0.39 is 30.7 Å². The first-order valence-corrected chi connectivity index (χ1v) is 7.53. The molecule has 0 aliphatic carbocycles. The molecule has 2 unspecified atom stereocenters. The lowest BCUT2D eigenvalue weighted by atomic mass is 10.0. The smallest absolute Gasteiger partial charge is 0.356 e. The van der Waals surface area contributed by atoms with E-state index >= 15 is 0 Å². The van der Waals surface area contributed by atoms with Gasteiger partial charge in [-0.2, -0.15) is 13.2 Å². The van der Waals surface area contributed by atoms with E-state index in [1.165, 1.54) is 11.0 Å². The standard InChI is InChI=1S/C15H17F4N3O/c16-12-1-2-13(20-5-12)21-6-10-8-22(9-11(10)7-21)14(23)3-4-15(17,18)19/h1-2,5,10-11H,3-4,6-9H2. The number of aromatic nitrogens is 1. The largest absolute Gasteiger partial charge is 0.389 e. The number of carbonyl (C=O) groups is 1. The number of anilines is 1. The first-order chi connectivity index (χ1) is 10.8. The molecule has 1 aromatic heterocycles. The Hall–Kier alpha value is -1.86. The normalized spacial score (nSPS) is 24.2. The molecule has 2 aliphatic heterocycles. The fraction of sp³-hybridized carbons (Fsp3) is 0.600. The van der Waals surface area contributed by atoms with Crippen LogP contribution in [0.4, 0.5) is 23.4 Å². The first kappa shape index (κ1) is 16.0. The minimum atomic E-state index is -4.30. The van der Waals surface area contributed by atoms with E-state index in [9.17, 15) is 22.4 Å². The molecule has 2 fully saturated rings. The maximum absolute atomic E-state index is 12.9. The van der Waals surface area contributed by atoms with Crippen LogP contribution in [0.15, 0.2) is 18.3 Å². The molecule has 23 heavy (non-hydrogen) atoms. The van der Waals surface area contributed by atoms with Crippen LogP contribution in [-0.4, -0.2) is 48.1 Å². The molecule has 4 nitrogen and oxygen atoms in total. The number of carbonyl (C=O) groups excluding carboxylic acids is 1. The molecule has 126 valence electrons. The highest BCUT2D eigenvalue weighted by atomic mass is 19.4. The van der Waals surface area contributed by atoms with Gasteiger partial charge in [-0.15, -0.1) is 0 Å². The van der Waals surface area contributed by atoms with Crippen molar-refractivity contribution in [1.29, 1.82) is 0 Å². The van der Waals surface area contributed by atoms with Crippen molar-refractivity contribution >= 4 is 11.7 Å². The van der Waals surface area contributed by atoms with E-state index in [0.29, 0.717) is 32.0 Å². The Kier molecular flexibility index (Phi) is 4.16. The third-order valence-corrected chi connectivity index (χ3v) is 4.50. The molecule has 1 aromatic rings. The zero-order chi connectivity index (χ0) is 16.6. The van der Waals surface area contributed by atoms with E-state index in [2.05, 4.69) is 4.98 Å². The number of amides is 1. The van der Waals surface area contributed by atoms with Gasteiger partial charge in [0.05, 0.1) is 12.6 Å². The van der Waals surface area contributed by atoms with Gasteiger partial charge in [-0.1, -0.05) is 0 Å². The molecule has 2 atom stereocenters. The summed E-state index contributed by atoms with van der Waals surface area (Å²) in [6.07, 6.45) is -4.68. The third kappa shape index (κ3) is 3.73. The summed E-state index contributed by atoms with van der Waals surface area (Å²) in [5, 5.41) is 0. The summed E-state index contributed by atoms with van der Waals surface area (Å²) < 4.78 is 49.5. The van der Waals surface area contributed by atoms with Gasteiger partial charge in [0.2, 0.25) is 5.91 Å². The van der Waals surface area contributed by atoms with Gasteiger partial charge in [-0.3, -0.25) is 4.79 Å². The van der Waals surface area contributed by atoms with Crippen LogP contribution in [0.2, 0.25) is 0 Å². The Bertz CT molecular complexity index is 561. The predicted octanol–water partition coefficient (Wildman–Crippen LogP) is 2.46.